The number of nitrogens with zero attached hydrogens (tertiary/aromatic N) is 7. The number of halogens is 1. The first-order valence-corrected chi connectivity index (χ1v) is 13.6. The van der Waals surface area contributed by atoms with Crippen molar-refractivity contribution in [3.05, 3.63) is 78.4 Å². The number of morpholine rings is 1. The van der Waals surface area contributed by atoms with Crippen molar-refractivity contribution in [3.63, 3.8) is 0 Å². The fourth-order valence-electron chi connectivity index (χ4n) is 4.56. The molecule has 1 saturated heterocycles. The molecule has 1 fully saturated rings. The second-order valence-corrected chi connectivity index (χ2v) is 9.62. The Morgan fingerprint density at radius 3 is 2.29 bits per heavy atom. The third-order valence-electron chi connectivity index (χ3n) is 6.78. The average molecular weight is 569 g/mol. The van der Waals surface area contributed by atoms with Crippen LogP contribution in [0.15, 0.2) is 66.9 Å². The van der Waals surface area contributed by atoms with Gasteiger partial charge in [0.25, 0.3) is 0 Å². The monoisotopic (exact) mass is 568 g/mol. The second kappa shape index (κ2) is 12.1. The maximum atomic E-state index is 13.0. The van der Waals surface area contributed by atoms with E-state index in [1.165, 1.54) is 12.3 Å². The fraction of sp³-hybridized carbons (Fsp3) is 0.241. The van der Waals surface area contributed by atoms with E-state index in [9.17, 15) is 9.18 Å². The Morgan fingerprint density at radius 1 is 0.929 bits per heavy atom. The standard InChI is InChI=1S/C29H29FN10O2/c1-2-40-28-25(37-38-40)27(39-13-15-42-16-14-39)35-26(36-28)20-4-6-22(7-5-20)33-29(41)34-23-10-8-21(9-11-23)31-17-19-3-12-24(30)32-18-19/h3-12,18,31H,2,13-17H2,1H3,(H2,33,34,41). The first-order valence-electron chi connectivity index (χ1n) is 13.6. The molecule has 0 unspecified atom stereocenters. The highest BCUT2D eigenvalue weighted by Gasteiger charge is 2.21. The van der Waals surface area contributed by atoms with E-state index in [-0.39, 0.29) is 6.03 Å². The highest BCUT2D eigenvalue weighted by molar-refractivity contribution is 6.00. The lowest BCUT2D eigenvalue weighted by molar-refractivity contribution is 0.122. The maximum absolute atomic E-state index is 13.0. The quantitative estimate of drug-likeness (QED) is 0.231. The summed E-state index contributed by atoms with van der Waals surface area (Å²) in [5.74, 6) is 0.793. The molecular weight excluding hydrogens is 539 g/mol. The number of anilines is 4. The lowest BCUT2D eigenvalue weighted by atomic mass is 10.2. The molecule has 3 N–H and O–H groups in total. The van der Waals surface area contributed by atoms with E-state index in [1.807, 2.05) is 43.3 Å². The van der Waals surface area contributed by atoms with Crippen molar-refractivity contribution in [2.45, 2.75) is 20.0 Å². The smallest absolute Gasteiger partial charge is 0.323 e. The van der Waals surface area contributed by atoms with Gasteiger partial charge < -0.3 is 25.6 Å². The third-order valence-corrected chi connectivity index (χ3v) is 6.78. The minimum atomic E-state index is -0.508. The van der Waals surface area contributed by atoms with Crippen molar-refractivity contribution in [3.8, 4) is 11.4 Å². The molecule has 12 nitrogen and oxygen atoms in total. The zero-order valence-corrected chi connectivity index (χ0v) is 22.9. The fourth-order valence-corrected chi connectivity index (χ4v) is 4.56. The molecule has 4 heterocycles. The van der Waals surface area contributed by atoms with Crippen LogP contribution in [0.25, 0.3) is 22.6 Å². The van der Waals surface area contributed by atoms with Gasteiger partial charge in [-0.25, -0.2) is 24.4 Å². The van der Waals surface area contributed by atoms with E-state index in [2.05, 4.69) is 36.1 Å². The molecule has 0 bridgehead atoms. The van der Waals surface area contributed by atoms with Gasteiger partial charge in [0.1, 0.15) is 0 Å². The molecule has 5 aromatic rings. The van der Waals surface area contributed by atoms with Crippen LogP contribution in [0.3, 0.4) is 0 Å². The second-order valence-electron chi connectivity index (χ2n) is 9.62. The zero-order valence-electron chi connectivity index (χ0n) is 22.9. The Morgan fingerprint density at radius 2 is 1.62 bits per heavy atom. The van der Waals surface area contributed by atoms with Gasteiger partial charge in [-0.2, -0.15) is 4.39 Å². The molecule has 0 atom stereocenters. The van der Waals surface area contributed by atoms with Gasteiger partial charge in [0, 0.05) is 55.0 Å². The number of hydrogen-bond donors (Lipinski definition) is 3. The van der Waals surface area contributed by atoms with Crippen molar-refractivity contribution in [2.24, 2.45) is 0 Å². The number of pyridine rings is 1. The predicted octanol–water partition coefficient (Wildman–Crippen LogP) is 4.54. The van der Waals surface area contributed by atoms with Crippen LogP contribution in [-0.4, -0.2) is 62.3 Å². The minimum absolute atomic E-state index is 0.369. The number of carbonyl (C=O) groups excluding carboxylic acids is 1. The summed E-state index contributed by atoms with van der Waals surface area (Å²) in [6.45, 7) is 5.83. The number of aromatic nitrogens is 6. The molecule has 0 radical (unpaired) electrons. The maximum Gasteiger partial charge on any atom is 0.323 e. The summed E-state index contributed by atoms with van der Waals surface area (Å²) in [7, 11) is 0. The van der Waals surface area contributed by atoms with Crippen LogP contribution in [0, 0.1) is 5.95 Å². The van der Waals surface area contributed by atoms with Gasteiger partial charge in [0.05, 0.1) is 13.2 Å². The SMILES string of the molecule is CCn1nnc2c(N3CCOCC3)nc(-c3ccc(NC(=O)Nc4ccc(NCc5ccc(F)nc5)cc4)cc3)nc21. The molecule has 2 amide bonds. The summed E-state index contributed by atoms with van der Waals surface area (Å²) < 4.78 is 20.2. The largest absolute Gasteiger partial charge is 0.381 e. The van der Waals surface area contributed by atoms with Crippen molar-refractivity contribution < 1.29 is 13.9 Å². The normalized spacial score (nSPS) is 13.2. The van der Waals surface area contributed by atoms with Crippen LogP contribution in [0.1, 0.15) is 12.5 Å². The van der Waals surface area contributed by atoms with E-state index in [4.69, 9.17) is 14.7 Å². The summed E-state index contributed by atoms with van der Waals surface area (Å²) >= 11 is 0. The predicted molar refractivity (Wildman–Crippen MR) is 158 cm³/mol. The van der Waals surface area contributed by atoms with Crippen molar-refractivity contribution in [2.75, 3.05) is 47.2 Å². The summed E-state index contributed by atoms with van der Waals surface area (Å²) in [6.07, 6.45) is 1.49. The molecule has 0 aliphatic carbocycles. The number of rotatable bonds is 8. The molecule has 1 aliphatic heterocycles. The van der Waals surface area contributed by atoms with Crippen LogP contribution < -0.4 is 20.9 Å². The van der Waals surface area contributed by atoms with Gasteiger partial charge in [0.15, 0.2) is 22.8 Å². The number of ether oxygens (including phenoxy) is 1. The Hall–Kier alpha value is -5.17. The number of aryl methyl sites for hydroxylation is 1. The van der Waals surface area contributed by atoms with E-state index in [0.29, 0.717) is 54.7 Å². The van der Waals surface area contributed by atoms with E-state index >= 15 is 0 Å². The molecule has 13 heteroatoms. The van der Waals surface area contributed by atoms with Gasteiger partial charge >= 0.3 is 6.03 Å². The first kappa shape index (κ1) is 27.0. The molecule has 6 rings (SSSR count). The Labute approximate surface area is 241 Å². The Bertz CT molecular complexity index is 1670. The van der Waals surface area contributed by atoms with E-state index < -0.39 is 5.95 Å². The summed E-state index contributed by atoms with van der Waals surface area (Å²) in [6, 6.07) is 17.3. The minimum Gasteiger partial charge on any atom is -0.381 e. The topological polar surface area (TPSA) is 135 Å². The first-order chi connectivity index (χ1) is 20.6. The molecule has 214 valence electrons. The van der Waals surface area contributed by atoms with Crippen LogP contribution >= 0.6 is 0 Å². The number of amides is 2. The average Bonchev–Trinajstić information content (AvgIpc) is 3.45. The van der Waals surface area contributed by atoms with Gasteiger partial charge in [-0.3, -0.25) is 0 Å². The van der Waals surface area contributed by atoms with Crippen LogP contribution in [0.2, 0.25) is 0 Å². The van der Waals surface area contributed by atoms with Crippen molar-refractivity contribution in [1.29, 1.82) is 0 Å². The lowest BCUT2D eigenvalue weighted by Gasteiger charge is -2.27. The Kier molecular flexibility index (Phi) is 7.81. The molecule has 0 spiro atoms. The highest BCUT2D eigenvalue weighted by atomic mass is 19.1. The van der Waals surface area contributed by atoms with Crippen LogP contribution in [-0.2, 0) is 17.8 Å². The molecule has 2 aromatic carbocycles. The number of carbonyl (C=O) groups is 1. The molecular formula is C29H29FN10O2. The summed E-state index contributed by atoms with van der Waals surface area (Å²) in [4.78, 5) is 28.1. The summed E-state index contributed by atoms with van der Waals surface area (Å²) in [5.41, 5.74) is 5.13. The number of nitrogens with one attached hydrogen (secondary N) is 3. The molecule has 3 aromatic heterocycles. The van der Waals surface area contributed by atoms with Gasteiger partial charge in [-0.05, 0) is 67.1 Å². The highest BCUT2D eigenvalue weighted by Crippen LogP contribution is 2.27. The van der Waals surface area contributed by atoms with E-state index in [0.717, 1.165) is 35.7 Å². The molecule has 42 heavy (non-hydrogen) atoms. The third kappa shape index (κ3) is 6.10. The summed E-state index contributed by atoms with van der Waals surface area (Å²) in [5, 5.41) is 17.5. The van der Waals surface area contributed by atoms with Crippen molar-refractivity contribution in [1.82, 2.24) is 29.9 Å². The van der Waals surface area contributed by atoms with Crippen molar-refractivity contribution >= 4 is 40.1 Å². The van der Waals surface area contributed by atoms with Gasteiger partial charge in [-0.15, -0.1) is 5.10 Å². The number of urea groups is 1. The molecule has 0 saturated carbocycles. The van der Waals surface area contributed by atoms with Gasteiger partial charge in [0.2, 0.25) is 5.95 Å². The lowest BCUT2D eigenvalue weighted by Crippen LogP contribution is -2.37. The number of benzene rings is 2. The number of hydrogen-bond acceptors (Lipinski definition) is 9. The van der Waals surface area contributed by atoms with Gasteiger partial charge in [-0.1, -0.05) is 11.3 Å². The Balaban J connectivity index is 1.10. The number of fused-ring (bicyclic) bond motifs is 1. The molecule has 1 aliphatic rings. The zero-order chi connectivity index (χ0) is 28.9. The van der Waals surface area contributed by atoms with E-state index in [1.54, 1.807) is 22.9 Å². The van der Waals surface area contributed by atoms with Crippen LogP contribution in [0.5, 0.6) is 0 Å². The van der Waals surface area contributed by atoms with Crippen LogP contribution in [0.4, 0.5) is 32.1 Å².